The molecule has 0 aliphatic carbocycles. The van der Waals surface area contributed by atoms with Gasteiger partial charge >= 0.3 is 12.0 Å². The third kappa shape index (κ3) is 3.47. The highest BCUT2D eigenvalue weighted by Gasteiger charge is 2.27. The molecule has 0 unspecified atom stereocenters. The molecule has 108 valence electrons. The number of rotatable bonds is 2. The number of carboxylic acid groups (broad SMARTS) is 1. The lowest BCUT2D eigenvalue weighted by Crippen LogP contribution is -2.42. The first-order chi connectivity index (χ1) is 9.47. The van der Waals surface area contributed by atoms with Crippen LogP contribution in [0.15, 0.2) is 22.7 Å². The molecule has 1 aliphatic heterocycles. The van der Waals surface area contributed by atoms with Crippen LogP contribution in [0.1, 0.15) is 12.8 Å². The SMILES string of the molecule is O=C(O)C1CCN(C(=O)Nc2ccc(Br)cc2F)CC1. The van der Waals surface area contributed by atoms with Crippen molar-refractivity contribution in [3.05, 3.63) is 28.5 Å². The third-order valence-electron chi connectivity index (χ3n) is 3.30. The van der Waals surface area contributed by atoms with Crippen molar-refractivity contribution in [1.29, 1.82) is 0 Å². The molecular weight excluding hydrogens is 331 g/mol. The molecule has 5 nitrogen and oxygen atoms in total. The maximum Gasteiger partial charge on any atom is 0.321 e. The summed E-state index contributed by atoms with van der Waals surface area (Å²) < 4.78 is 14.2. The van der Waals surface area contributed by atoms with Gasteiger partial charge in [-0.2, -0.15) is 0 Å². The number of carbonyl (C=O) groups excluding carboxylic acids is 1. The van der Waals surface area contributed by atoms with Crippen LogP contribution < -0.4 is 5.32 Å². The molecule has 0 atom stereocenters. The van der Waals surface area contributed by atoms with Crippen molar-refractivity contribution < 1.29 is 19.1 Å². The van der Waals surface area contributed by atoms with Gasteiger partial charge < -0.3 is 15.3 Å². The standard InChI is InChI=1S/C13H14BrFN2O3/c14-9-1-2-11(10(15)7-9)16-13(20)17-5-3-8(4-6-17)12(18)19/h1-2,7-8H,3-6H2,(H,16,20)(H,18,19). The van der Waals surface area contributed by atoms with E-state index >= 15 is 0 Å². The van der Waals surface area contributed by atoms with Crippen LogP contribution in [0, 0.1) is 11.7 Å². The first-order valence-electron chi connectivity index (χ1n) is 6.21. The Morgan fingerprint density at radius 1 is 1.35 bits per heavy atom. The molecule has 1 heterocycles. The Bertz CT molecular complexity index is 530. The van der Waals surface area contributed by atoms with Gasteiger partial charge in [-0.25, -0.2) is 9.18 Å². The average molecular weight is 345 g/mol. The number of hydrogen-bond donors (Lipinski definition) is 2. The van der Waals surface area contributed by atoms with E-state index < -0.39 is 23.7 Å². The van der Waals surface area contributed by atoms with Gasteiger partial charge in [0, 0.05) is 17.6 Å². The average Bonchev–Trinajstić information content (AvgIpc) is 2.42. The van der Waals surface area contributed by atoms with Crippen LogP contribution in [0.25, 0.3) is 0 Å². The summed E-state index contributed by atoms with van der Waals surface area (Å²) in [6.45, 7) is 0.724. The molecule has 0 bridgehead atoms. The Balaban J connectivity index is 1.94. The van der Waals surface area contributed by atoms with Crippen LogP contribution in [-0.2, 0) is 4.79 Å². The molecule has 20 heavy (non-hydrogen) atoms. The van der Waals surface area contributed by atoms with E-state index in [0.717, 1.165) is 0 Å². The zero-order valence-electron chi connectivity index (χ0n) is 10.6. The van der Waals surface area contributed by atoms with Crippen LogP contribution in [0.4, 0.5) is 14.9 Å². The van der Waals surface area contributed by atoms with Crippen molar-refractivity contribution in [2.45, 2.75) is 12.8 Å². The summed E-state index contributed by atoms with van der Waals surface area (Å²) >= 11 is 3.14. The van der Waals surface area contributed by atoms with Gasteiger partial charge in [0.15, 0.2) is 0 Å². The fourth-order valence-electron chi connectivity index (χ4n) is 2.11. The van der Waals surface area contributed by atoms with E-state index in [1.54, 1.807) is 6.07 Å². The maximum absolute atomic E-state index is 13.6. The van der Waals surface area contributed by atoms with Crippen molar-refractivity contribution in [2.24, 2.45) is 5.92 Å². The van der Waals surface area contributed by atoms with Gasteiger partial charge in [-0.05, 0) is 31.0 Å². The zero-order valence-corrected chi connectivity index (χ0v) is 12.2. The number of anilines is 1. The van der Waals surface area contributed by atoms with E-state index in [1.165, 1.54) is 17.0 Å². The van der Waals surface area contributed by atoms with Crippen LogP contribution in [0.2, 0.25) is 0 Å². The van der Waals surface area contributed by atoms with Crippen molar-refractivity contribution in [1.82, 2.24) is 4.90 Å². The van der Waals surface area contributed by atoms with E-state index in [4.69, 9.17) is 5.11 Å². The second-order valence-corrected chi connectivity index (χ2v) is 5.57. The summed E-state index contributed by atoms with van der Waals surface area (Å²) in [5.74, 6) is -1.75. The number of amides is 2. The minimum atomic E-state index is -0.830. The lowest BCUT2D eigenvalue weighted by atomic mass is 9.97. The number of piperidine rings is 1. The summed E-state index contributed by atoms with van der Waals surface area (Å²) in [5.41, 5.74) is 0.110. The van der Waals surface area contributed by atoms with Gasteiger partial charge in [0.25, 0.3) is 0 Å². The molecule has 1 saturated heterocycles. The second kappa shape index (κ2) is 6.21. The van der Waals surface area contributed by atoms with E-state index in [-0.39, 0.29) is 5.69 Å². The zero-order chi connectivity index (χ0) is 14.7. The van der Waals surface area contributed by atoms with Crippen LogP contribution in [-0.4, -0.2) is 35.1 Å². The lowest BCUT2D eigenvalue weighted by molar-refractivity contribution is -0.143. The normalized spacial score (nSPS) is 16.0. The van der Waals surface area contributed by atoms with Gasteiger partial charge in [0.05, 0.1) is 11.6 Å². The number of nitrogens with zero attached hydrogens (tertiary/aromatic N) is 1. The predicted octanol–water partition coefficient (Wildman–Crippen LogP) is 2.92. The Labute approximate surface area is 123 Å². The molecule has 0 radical (unpaired) electrons. The number of carboxylic acids is 1. The van der Waals surface area contributed by atoms with Gasteiger partial charge in [-0.1, -0.05) is 15.9 Å². The number of halogens is 2. The van der Waals surface area contributed by atoms with E-state index in [0.29, 0.717) is 30.4 Å². The summed E-state index contributed by atoms with van der Waals surface area (Å²) in [6.07, 6.45) is 0.844. The molecule has 7 heteroatoms. The number of aliphatic carboxylic acids is 1. The fraction of sp³-hybridized carbons (Fsp3) is 0.385. The van der Waals surface area contributed by atoms with Crippen molar-refractivity contribution in [3.63, 3.8) is 0 Å². The van der Waals surface area contributed by atoms with Crippen LogP contribution in [0.3, 0.4) is 0 Å². The smallest absolute Gasteiger partial charge is 0.321 e. The Morgan fingerprint density at radius 3 is 2.55 bits per heavy atom. The largest absolute Gasteiger partial charge is 0.481 e. The lowest BCUT2D eigenvalue weighted by Gasteiger charge is -2.30. The first-order valence-corrected chi connectivity index (χ1v) is 7.00. The van der Waals surface area contributed by atoms with Gasteiger partial charge in [0.1, 0.15) is 5.82 Å². The summed E-state index contributed by atoms with van der Waals surface area (Å²) in [7, 11) is 0. The van der Waals surface area contributed by atoms with Crippen molar-refractivity contribution >= 4 is 33.6 Å². The van der Waals surface area contributed by atoms with Crippen LogP contribution >= 0.6 is 15.9 Å². The minimum Gasteiger partial charge on any atom is -0.481 e. The number of hydrogen-bond acceptors (Lipinski definition) is 2. The fourth-order valence-corrected chi connectivity index (χ4v) is 2.45. The van der Waals surface area contributed by atoms with Crippen molar-refractivity contribution in [3.8, 4) is 0 Å². The topological polar surface area (TPSA) is 69.6 Å². The quantitative estimate of drug-likeness (QED) is 0.866. The summed E-state index contributed by atoms with van der Waals surface area (Å²) in [6, 6.07) is 3.97. The first kappa shape index (κ1) is 14.8. The highest BCUT2D eigenvalue weighted by Crippen LogP contribution is 2.21. The molecule has 2 N–H and O–H groups in total. The van der Waals surface area contributed by atoms with Crippen molar-refractivity contribution in [2.75, 3.05) is 18.4 Å². The maximum atomic E-state index is 13.6. The highest BCUT2D eigenvalue weighted by atomic mass is 79.9. The second-order valence-electron chi connectivity index (χ2n) is 4.65. The number of urea groups is 1. The third-order valence-corrected chi connectivity index (χ3v) is 3.80. The molecule has 1 aliphatic rings. The number of nitrogens with one attached hydrogen (secondary N) is 1. The number of likely N-dealkylation sites (tertiary alicyclic amines) is 1. The molecule has 1 aromatic carbocycles. The molecule has 1 fully saturated rings. The predicted molar refractivity (Wildman–Crippen MR) is 75.1 cm³/mol. The number of benzene rings is 1. The number of carbonyl (C=O) groups is 2. The Morgan fingerprint density at radius 2 is 2.00 bits per heavy atom. The van der Waals surface area contributed by atoms with E-state index in [1.807, 2.05) is 0 Å². The van der Waals surface area contributed by atoms with Gasteiger partial charge in [-0.15, -0.1) is 0 Å². The molecular formula is C13H14BrFN2O3. The molecule has 2 rings (SSSR count). The van der Waals surface area contributed by atoms with E-state index in [9.17, 15) is 14.0 Å². The Hall–Kier alpha value is -1.63. The monoisotopic (exact) mass is 344 g/mol. The molecule has 0 saturated carbocycles. The molecule has 1 aromatic rings. The van der Waals surface area contributed by atoms with Crippen LogP contribution in [0.5, 0.6) is 0 Å². The Kier molecular flexibility index (Phi) is 4.59. The molecule has 0 spiro atoms. The highest BCUT2D eigenvalue weighted by molar-refractivity contribution is 9.10. The van der Waals surface area contributed by atoms with E-state index in [2.05, 4.69) is 21.2 Å². The van der Waals surface area contributed by atoms with Gasteiger partial charge in [-0.3, -0.25) is 4.79 Å². The summed E-state index contributed by atoms with van der Waals surface area (Å²) in [4.78, 5) is 24.3. The molecule has 0 aromatic heterocycles. The van der Waals surface area contributed by atoms with Gasteiger partial charge in [0.2, 0.25) is 0 Å². The minimum absolute atomic E-state index is 0.110. The summed E-state index contributed by atoms with van der Waals surface area (Å²) in [5, 5.41) is 11.4. The molecule has 2 amide bonds.